The first-order valence-electron chi connectivity index (χ1n) is 6.13. The van der Waals surface area contributed by atoms with Gasteiger partial charge in [0.15, 0.2) is 0 Å². The molecule has 0 atom stereocenters. The van der Waals surface area contributed by atoms with E-state index in [-0.39, 0.29) is 0 Å². The third-order valence-electron chi connectivity index (χ3n) is 3.82. The molecule has 0 saturated carbocycles. The summed E-state index contributed by atoms with van der Waals surface area (Å²) >= 11 is 5.12. The zero-order valence-electron chi connectivity index (χ0n) is 10.2. The summed E-state index contributed by atoms with van der Waals surface area (Å²) in [6.45, 7) is 0. The Morgan fingerprint density at radius 3 is 2.37 bits per heavy atom. The van der Waals surface area contributed by atoms with Crippen molar-refractivity contribution >= 4 is 33.2 Å². The molecule has 3 rings (SSSR count). The molecule has 0 aliphatic heterocycles. The van der Waals surface area contributed by atoms with Crippen molar-refractivity contribution in [3.63, 3.8) is 0 Å². The van der Waals surface area contributed by atoms with Crippen LogP contribution in [-0.4, -0.2) is 11.1 Å². The summed E-state index contributed by atoms with van der Waals surface area (Å²) in [5.74, 6) is -0.691. The molecule has 4 heteroatoms. The van der Waals surface area contributed by atoms with Gasteiger partial charge in [0.1, 0.15) is 0 Å². The van der Waals surface area contributed by atoms with Crippen LogP contribution >= 0.6 is 27.3 Å². The van der Waals surface area contributed by atoms with Crippen LogP contribution in [0.2, 0.25) is 0 Å². The predicted octanol–water partition coefficient (Wildman–Crippen LogP) is 3.92. The third kappa shape index (κ3) is 2.23. The van der Waals surface area contributed by atoms with Crippen LogP contribution in [0.15, 0.2) is 40.2 Å². The minimum atomic E-state index is -0.691. The number of halogens is 1. The second-order valence-electron chi connectivity index (χ2n) is 5.08. The molecule has 0 unspecified atom stereocenters. The number of carboxylic acids is 1. The second-order valence-corrected chi connectivity index (χ2v) is 6.93. The van der Waals surface area contributed by atoms with Gasteiger partial charge in [0.2, 0.25) is 0 Å². The molecule has 19 heavy (non-hydrogen) atoms. The number of hydrogen-bond acceptors (Lipinski definition) is 2. The quantitative estimate of drug-likeness (QED) is 0.922. The van der Waals surface area contributed by atoms with Gasteiger partial charge in [-0.25, -0.2) is 0 Å². The molecule has 0 spiro atoms. The minimum absolute atomic E-state index is 0.593. The highest BCUT2D eigenvalue weighted by Gasteiger charge is 2.44. The van der Waals surface area contributed by atoms with E-state index in [9.17, 15) is 9.90 Å². The number of carboxylic acid groups (broad SMARTS) is 1. The van der Waals surface area contributed by atoms with Crippen molar-refractivity contribution in [2.75, 3.05) is 0 Å². The van der Waals surface area contributed by atoms with Gasteiger partial charge in [-0.2, -0.15) is 0 Å². The van der Waals surface area contributed by atoms with Gasteiger partial charge in [-0.1, -0.05) is 24.3 Å². The second kappa shape index (κ2) is 4.76. The number of hydrogen-bond donors (Lipinski definition) is 1. The summed E-state index contributed by atoms with van der Waals surface area (Å²) in [5, 5.41) is 11.7. The normalized spacial score (nSPS) is 16.3. The van der Waals surface area contributed by atoms with E-state index in [1.807, 2.05) is 35.7 Å². The molecular formula is C15H13BrO2S. The average Bonchev–Trinajstić information content (AvgIpc) is 2.94. The number of thiophene rings is 1. The lowest BCUT2D eigenvalue weighted by Gasteiger charge is -2.23. The summed E-state index contributed by atoms with van der Waals surface area (Å²) in [6.07, 6.45) is 1.85. The van der Waals surface area contributed by atoms with Gasteiger partial charge in [0, 0.05) is 9.35 Å². The van der Waals surface area contributed by atoms with Crippen LogP contribution in [0.3, 0.4) is 0 Å². The van der Waals surface area contributed by atoms with E-state index in [1.54, 1.807) is 11.3 Å². The van der Waals surface area contributed by atoms with Crippen molar-refractivity contribution < 1.29 is 9.90 Å². The van der Waals surface area contributed by atoms with E-state index in [2.05, 4.69) is 15.9 Å². The molecule has 0 amide bonds. The fraction of sp³-hybridized carbons (Fsp3) is 0.267. The number of carbonyl (C=O) groups is 1. The van der Waals surface area contributed by atoms with Gasteiger partial charge in [-0.3, -0.25) is 4.79 Å². The maximum Gasteiger partial charge on any atom is 0.310 e. The lowest BCUT2D eigenvalue weighted by Crippen LogP contribution is -2.34. The number of benzene rings is 1. The molecule has 1 aromatic carbocycles. The summed E-state index contributed by atoms with van der Waals surface area (Å²) in [6, 6.07) is 10.0. The van der Waals surface area contributed by atoms with Crippen molar-refractivity contribution in [2.45, 2.75) is 19.3 Å². The first kappa shape index (κ1) is 12.9. The van der Waals surface area contributed by atoms with E-state index in [0.717, 1.165) is 9.35 Å². The monoisotopic (exact) mass is 336 g/mol. The summed E-state index contributed by atoms with van der Waals surface area (Å²) in [5.41, 5.74) is 1.67. The van der Waals surface area contributed by atoms with Crippen LogP contribution in [0, 0.1) is 5.41 Å². The van der Waals surface area contributed by atoms with Crippen molar-refractivity contribution in [1.82, 2.24) is 0 Å². The Morgan fingerprint density at radius 2 is 1.89 bits per heavy atom. The van der Waals surface area contributed by atoms with Crippen LogP contribution in [0.5, 0.6) is 0 Å². The van der Waals surface area contributed by atoms with Crippen LogP contribution in [0.4, 0.5) is 0 Å². The van der Waals surface area contributed by atoms with Crippen LogP contribution in [0.25, 0.3) is 0 Å². The van der Waals surface area contributed by atoms with E-state index in [1.165, 1.54) is 11.1 Å². The Kier molecular flexibility index (Phi) is 3.23. The average molecular weight is 337 g/mol. The molecule has 1 aliphatic carbocycles. The molecule has 1 aromatic heterocycles. The van der Waals surface area contributed by atoms with Gasteiger partial charge in [0.05, 0.1) is 5.41 Å². The highest BCUT2D eigenvalue weighted by atomic mass is 79.9. The zero-order valence-corrected chi connectivity index (χ0v) is 12.6. The Bertz CT molecular complexity index is 608. The van der Waals surface area contributed by atoms with Crippen molar-refractivity contribution in [3.8, 4) is 0 Å². The maximum atomic E-state index is 11.8. The topological polar surface area (TPSA) is 37.3 Å². The Hall–Kier alpha value is -1.13. The summed E-state index contributed by atoms with van der Waals surface area (Å²) in [4.78, 5) is 12.9. The van der Waals surface area contributed by atoms with E-state index < -0.39 is 11.4 Å². The van der Waals surface area contributed by atoms with Gasteiger partial charge >= 0.3 is 5.97 Å². The molecule has 0 radical (unpaired) electrons. The molecule has 1 N–H and O–H groups in total. The van der Waals surface area contributed by atoms with Crippen LogP contribution in [0.1, 0.15) is 16.0 Å². The van der Waals surface area contributed by atoms with E-state index in [4.69, 9.17) is 0 Å². The Labute approximate surface area is 124 Å². The first-order chi connectivity index (χ1) is 9.11. The summed E-state index contributed by atoms with van der Waals surface area (Å²) in [7, 11) is 0. The van der Waals surface area contributed by atoms with Crippen molar-refractivity contribution in [1.29, 1.82) is 0 Å². The zero-order chi connectivity index (χ0) is 13.5. The van der Waals surface area contributed by atoms with E-state index in [0.29, 0.717) is 19.3 Å². The van der Waals surface area contributed by atoms with Crippen molar-refractivity contribution in [2.24, 2.45) is 5.41 Å². The van der Waals surface area contributed by atoms with Crippen LogP contribution in [-0.2, 0) is 24.1 Å². The molecular weight excluding hydrogens is 324 g/mol. The molecule has 2 aromatic rings. The smallest absolute Gasteiger partial charge is 0.310 e. The highest BCUT2D eigenvalue weighted by Crippen LogP contribution is 2.42. The molecule has 0 bridgehead atoms. The molecule has 1 aliphatic rings. The van der Waals surface area contributed by atoms with Crippen molar-refractivity contribution in [3.05, 3.63) is 56.2 Å². The fourth-order valence-electron chi connectivity index (χ4n) is 2.80. The maximum absolute atomic E-state index is 11.8. The molecule has 2 nitrogen and oxygen atoms in total. The van der Waals surface area contributed by atoms with Crippen LogP contribution < -0.4 is 0 Å². The number of rotatable bonds is 3. The SMILES string of the molecule is O=C(O)C1(Cc2sccc2Br)Cc2ccccc2C1. The number of aliphatic carboxylic acids is 1. The lowest BCUT2D eigenvalue weighted by atomic mass is 9.81. The van der Waals surface area contributed by atoms with Gasteiger partial charge < -0.3 is 5.11 Å². The Balaban J connectivity index is 1.96. The highest BCUT2D eigenvalue weighted by molar-refractivity contribution is 9.10. The molecule has 0 fully saturated rings. The first-order valence-corrected chi connectivity index (χ1v) is 7.80. The van der Waals surface area contributed by atoms with Gasteiger partial charge in [-0.15, -0.1) is 11.3 Å². The Morgan fingerprint density at radius 1 is 1.26 bits per heavy atom. The summed E-state index contributed by atoms with van der Waals surface area (Å²) < 4.78 is 1.02. The third-order valence-corrected chi connectivity index (χ3v) is 5.75. The largest absolute Gasteiger partial charge is 0.481 e. The van der Waals surface area contributed by atoms with E-state index >= 15 is 0 Å². The van der Waals surface area contributed by atoms with Gasteiger partial charge in [-0.05, 0) is 57.8 Å². The minimum Gasteiger partial charge on any atom is -0.481 e. The number of fused-ring (bicyclic) bond motifs is 1. The molecule has 0 saturated heterocycles. The van der Waals surface area contributed by atoms with Gasteiger partial charge in [0.25, 0.3) is 0 Å². The standard InChI is InChI=1S/C15H13BrO2S/c16-12-5-6-19-13(12)9-15(14(17)18)7-10-3-1-2-4-11(10)8-15/h1-6H,7-9H2,(H,17,18). The molecule has 98 valence electrons. The molecule has 1 heterocycles. The fourth-order valence-corrected chi connectivity index (χ4v) is 4.44. The lowest BCUT2D eigenvalue weighted by molar-refractivity contribution is -0.148. The predicted molar refractivity (Wildman–Crippen MR) is 79.6 cm³/mol.